The zero-order valence-corrected chi connectivity index (χ0v) is 26.5. The maximum Gasteiger partial charge on any atom is 0.338 e. The first kappa shape index (κ1) is 31.9. The molecule has 1 aliphatic heterocycles. The highest BCUT2D eigenvalue weighted by molar-refractivity contribution is 8.00. The van der Waals surface area contributed by atoms with E-state index in [1.54, 1.807) is 37.4 Å². The minimum Gasteiger partial charge on any atom is -0.496 e. The van der Waals surface area contributed by atoms with Crippen molar-refractivity contribution in [2.24, 2.45) is 0 Å². The van der Waals surface area contributed by atoms with Crippen LogP contribution >= 0.6 is 11.8 Å². The number of nitrogens with zero attached hydrogens (tertiary/aromatic N) is 3. The van der Waals surface area contributed by atoms with Crippen LogP contribution in [-0.4, -0.2) is 47.5 Å². The van der Waals surface area contributed by atoms with Gasteiger partial charge in [0.25, 0.3) is 0 Å². The summed E-state index contributed by atoms with van der Waals surface area (Å²) in [5.74, 6) is -1.34. The number of benzene rings is 4. The molecular weight excluding hydrogens is 627 g/mol. The van der Waals surface area contributed by atoms with Crippen molar-refractivity contribution in [3.63, 3.8) is 0 Å². The SMILES string of the molecule is COc1ccccc1-c1ccc(C#N)c(SC2CC(=O)N(c3ccc(C(=O)OCC(=O)c4ccc(-c5ccccc5)cc4)cc3)C2=O)n1. The van der Waals surface area contributed by atoms with Gasteiger partial charge in [0, 0.05) is 17.5 Å². The van der Waals surface area contributed by atoms with Gasteiger partial charge in [-0.25, -0.2) is 14.7 Å². The number of hydrogen-bond acceptors (Lipinski definition) is 9. The number of thioether (sulfide) groups is 1. The first-order valence-electron chi connectivity index (χ1n) is 14.9. The largest absolute Gasteiger partial charge is 0.496 e. The Labute approximate surface area is 280 Å². The fraction of sp³-hybridized carbons (Fsp3) is 0.105. The fourth-order valence-corrected chi connectivity index (χ4v) is 6.34. The van der Waals surface area contributed by atoms with Crippen molar-refractivity contribution in [1.82, 2.24) is 4.98 Å². The van der Waals surface area contributed by atoms with Crippen LogP contribution in [0.2, 0.25) is 0 Å². The van der Waals surface area contributed by atoms with Crippen LogP contribution in [0.4, 0.5) is 5.69 Å². The molecule has 1 aromatic heterocycles. The average molecular weight is 654 g/mol. The monoisotopic (exact) mass is 653 g/mol. The number of carbonyl (C=O) groups is 4. The Bertz CT molecular complexity index is 2060. The van der Waals surface area contributed by atoms with E-state index in [-0.39, 0.29) is 29.0 Å². The molecule has 0 spiro atoms. The number of methoxy groups -OCH3 is 1. The zero-order valence-electron chi connectivity index (χ0n) is 25.7. The molecule has 0 bridgehead atoms. The van der Waals surface area contributed by atoms with E-state index >= 15 is 0 Å². The van der Waals surface area contributed by atoms with Gasteiger partial charge in [0.15, 0.2) is 12.4 Å². The second kappa shape index (κ2) is 14.2. The predicted molar refractivity (Wildman–Crippen MR) is 181 cm³/mol. The van der Waals surface area contributed by atoms with E-state index in [4.69, 9.17) is 9.47 Å². The summed E-state index contributed by atoms with van der Waals surface area (Å²) in [6, 6.07) is 35.4. The fourth-order valence-electron chi connectivity index (χ4n) is 5.25. The second-order valence-corrected chi connectivity index (χ2v) is 11.9. The highest BCUT2D eigenvalue weighted by Crippen LogP contribution is 2.37. The van der Waals surface area contributed by atoms with Gasteiger partial charge in [-0.2, -0.15) is 5.26 Å². The van der Waals surface area contributed by atoms with Crippen molar-refractivity contribution in [2.45, 2.75) is 16.7 Å². The molecule has 0 aliphatic carbocycles. The Kier molecular flexibility index (Phi) is 9.41. The first-order valence-corrected chi connectivity index (χ1v) is 15.8. The van der Waals surface area contributed by atoms with Crippen molar-refractivity contribution < 1.29 is 28.7 Å². The second-order valence-electron chi connectivity index (χ2n) is 10.7. The number of nitriles is 1. The molecule has 10 heteroatoms. The van der Waals surface area contributed by atoms with Crippen molar-refractivity contribution in [2.75, 3.05) is 18.6 Å². The van der Waals surface area contributed by atoms with E-state index in [0.717, 1.165) is 33.4 Å². The number of anilines is 1. The highest BCUT2D eigenvalue weighted by atomic mass is 32.2. The first-order chi connectivity index (χ1) is 23.4. The van der Waals surface area contributed by atoms with Gasteiger partial charge in [-0.05, 0) is 59.7 Å². The van der Waals surface area contributed by atoms with Crippen molar-refractivity contribution in [1.29, 1.82) is 5.26 Å². The van der Waals surface area contributed by atoms with Gasteiger partial charge in [0.05, 0.1) is 34.9 Å². The number of para-hydroxylation sites is 1. The number of Topliss-reactive ketones (excluding diaryl/α,β-unsaturated/α-hetero) is 1. The zero-order chi connectivity index (χ0) is 33.6. The summed E-state index contributed by atoms with van der Waals surface area (Å²) >= 11 is 1.06. The number of imide groups is 1. The molecule has 48 heavy (non-hydrogen) atoms. The van der Waals surface area contributed by atoms with Crippen LogP contribution in [0.5, 0.6) is 5.75 Å². The van der Waals surface area contributed by atoms with Crippen LogP contribution in [0.25, 0.3) is 22.4 Å². The van der Waals surface area contributed by atoms with Gasteiger partial charge in [-0.15, -0.1) is 0 Å². The van der Waals surface area contributed by atoms with Crippen molar-refractivity contribution in [3.05, 3.63) is 132 Å². The highest BCUT2D eigenvalue weighted by Gasteiger charge is 2.41. The third-order valence-electron chi connectivity index (χ3n) is 7.73. The molecule has 5 aromatic rings. The lowest BCUT2D eigenvalue weighted by Gasteiger charge is -2.16. The molecule has 236 valence electrons. The van der Waals surface area contributed by atoms with E-state index in [9.17, 15) is 24.4 Å². The van der Waals surface area contributed by atoms with E-state index in [2.05, 4.69) is 11.1 Å². The van der Waals surface area contributed by atoms with Gasteiger partial charge >= 0.3 is 5.97 Å². The topological polar surface area (TPSA) is 127 Å². The molecule has 4 aromatic carbocycles. The molecule has 0 saturated carbocycles. The normalized spacial score (nSPS) is 14.0. The number of carbonyl (C=O) groups excluding carboxylic acids is 4. The summed E-state index contributed by atoms with van der Waals surface area (Å²) < 4.78 is 10.7. The third kappa shape index (κ3) is 6.72. The summed E-state index contributed by atoms with van der Waals surface area (Å²) in [6.45, 7) is -0.440. The maximum absolute atomic E-state index is 13.4. The average Bonchev–Trinajstić information content (AvgIpc) is 3.42. The lowest BCUT2D eigenvalue weighted by molar-refractivity contribution is -0.121. The number of aromatic nitrogens is 1. The molecule has 2 amide bonds. The molecule has 1 aliphatic rings. The molecule has 1 unspecified atom stereocenters. The number of ketones is 1. The van der Waals surface area contributed by atoms with Gasteiger partial charge < -0.3 is 9.47 Å². The number of pyridine rings is 1. The van der Waals surface area contributed by atoms with Crippen LogP contribution in [-0.2, 0) is 14.3 Å². The Hall–Kier alpha value is -6.05. The standard InChI is InChI=1S/C38H27N3O6S/c1-46-33-10-6-5-9-30(33)31-20-17-28(22-39)36(40-31)48-34-21-35(43)41(37(34)44)29-18-15-27(16-19-29)38(45)47-23-32(42)26-13-11-25(12-14-26)24-7-3-2-4-8-24/h2-20,34H,21,23H2,1H3. The maximum atomic E-state index is 13.4. The molecular formula is C38H27N3O6S. The summed E-state index contributed by atoms with van der Waals surface area (Å²) in [5.41, 5.74) is 4.42. The molecule has 1 fully saturated rings. The predicted octanol–water partition coefficient (Wildman–Crippen LogP) is 6.76. The molecule has 1 atom stereocenters. The molecule has 0 N–H and O–H groups in total. The third-order valence-corrected chi connectivity index (χ3v) is 8.92. The van der Waals surface area contributed by atoms with Crippen molar-refractivity contribution in [3.8, 4) is 34.2 Å². The number of rotatable bonds is 10. The van der Waals surface area contributed by atoms with Gasteiger partial charge in [0.1, 0.15) is 16.8 Å². The quantitative estimate of drug-likeness (QED) is 0.0913. The van der Waals surface area contributed by atoms with Gasteiger partial charge in [0.2, 0.25) is 11.8 Å². The number of hydrogen-bond donors (Lipinski definition) is 0. The molecule has 2 heterocycles. The van der Waals surface area contributed by atoms with Crippen LogP contribution in [0.15, 0.2) is 120 Å². The van der Waals surface area contributed by atoms with E-state index in [0.29, 0.717) is 22.0 Å². The Balaban J connectivity index is 1.09. The van der Waals surface area contributed by atoms with Crippen LogP contribution < -0.4 is 9.64 Å². The van der Waals surface area contributed by atoms with Crippen molar-refractivity contribution >= 4 is 41.0 Å². The minimum absolute atomic E-state index is 0.0901. The number of ether oxygens (including phenoxy) is 2. The number of amides is 2. The van der Waals surface area contributed by atoms with Crippen LogP contribution in [0.1, 0.15) is 32.7 Å². The van der Waals surface area contributed by atoms with Crippen LogP contribution in [0, 0.1) is 11.3 Å². The summed E-state index contributed by atoms with van der Waals surface area (Å²) in [6.07, 6.45) is -0.0901. The Morgan fingerprint density at radius 1 is 0.854 bits per heavy atom. The molecule has 0 radical (unpaired) electrons. The molecule has 6 rings (SSSR count). The van der Waals surface area contributed by atoms with Crippen LogP contribution in [0.3, 0.4) is 0 Å². The van der Waals surface area contributed by atoms with E-state index in [1.807, 2.05) is 60.7 Å². The minimum atomic E-state index is -0.803. The van der Waals surface area contributed by atoms with E-state index in [1.165, 1.54) is 24.3 Å². The molecule has 1 saturated heterocycles. The smallest absolute Gasteiger partial charge is 0.338 e. The summed E-state index contributed by atoms with van der Waals surface area (Å²) in [7, 11) is 1.55. The Morgan fingerprint density at radius 3 is 2.23 bits per heavy atom. The lowest BCUT2D eigenvalue weighted by atomic mass is 10.0. The molecule has 9 nitrogen and oxygen atoms in total. The van der Waals surface area contributed by atoms with Gasteiger partial charge in [-0.1, -0.05) is 78.5 Å². The van der Waals surface area contributed by atoms with E-state index < -0.39 is 29.6 Å². The Morgan fingerprint density at radius 2 is 1.52 bits per heavy atom. The number of esters is 1. The van der Waals surface area contributed by atoms with Gasteiger partial charge in [-0.3, -0.25) is 14.4 Å². The summed E-state index contributed by atoms with van der Waals surface area (Å²) in [4.78, 5) is 57.5. The lowest BCUT2D eigenvalue weighted by Crippen LogP contribution is -2.31. The summed E-state index contributed by atoms with van der Waals surface area (Å²) in [5, 5.41) is 9.23.